The van der Waals surface area contributed by atoms with Crippen LogP contribution in [0, 0.1) is 11.7 Å². The highest BCUT2D eigenvalue weighted by Gasteiger charge is 2.23. The van der Waals surface area contributed by atoms with Crippen LogP contribution in [0.2, 0.25) is 0 Å². The summed E-state index contributed by atoms with van der Waals surface area (Å²) in [4.78, 5) is 16.6. The van der Waals surface area contributed by atoms with Crippen LogP contribution in [-0.4, -0.2) is 35.2 Å². The maximum Gasteiger partial charge on any atom is 0.318 e. The Morgan fingerprint density at radius 3 is 2.82 bits per heavy atom. The predicted molar refractivity (Wildman–Crippen MR) is 136 cm³/mol. The zero-order valence-electron chi connectivity index (χ0n) is 19.2. The van der Waals surface area contributed by atoms with Crippen molar-refractivity contribution in [3.05, 3.63) is 47.9 Å². The topological polar surface area (TPSA) is 51.1 Å². The third-order valence-corrected chi connectivity index (χ3v) is 7.13. The maximum atomic E-state index is 14.7. The number of nitrogens with zero attached hydrogens (tertiary/aromatic N) is 4. The van der Waals surface area contributed by atoms with Crippen molar-refractivity contribution in [3.8, 4) is 17.3 Å². The van der Waals surface area contributed by atoms with Gasteiger partial charge in [-0.05, 0) is 47.6 Å². The minimum Gasteiger partial charge on any atom is -0.467 e. The van der Waals surface area contributed by atoms with Gasteiger partial charge < -0.3 is 9.64 Å². The van der Waals surface area contributed by atoms with Gasteiger partial charge in [-0.2, -0.15) is 9.97 Å². The standard InChI is InChI=1S/C26H28FN4OP/c1-4-17-20(27)11-10-16-8-5-9-18(21(16)17)22-24(33)23-19(13-28-22)25(30-26(29-23)32-3)31-12-6-7-15(2)14-31/h5,8-11,13,15H,4,6-7,12,14,33H2,1-3H3. The van der Waals surface area contributed by atoms with Gasteiger partial charge in [0.1, 0.15) is 11.6 Å². The lowest BCUT2D eigenvalue weighted by Crippen LogP contribution is -2.35. The van der Waals surface area contributed by atoms with E-state index < -0.39 is 0 Å². The van der Waals surface area contributed by atoms with Crippen LogP contribution in [-0.2, 0) is 6.42 Å². The van der Waals surface area contributed by atoms with Crippen molar-refractivity contribution in [1.29, 1.82) is 0 Å². The number of piperidine rings is 1. The highest BCUT2D eigenvalue weighted by molar-refractivity contribution is 7.28. The van der Waals surface area contributed by atoms with Crippen molar-refractivity contribution in [1.82, 2.24) is 15.0 Å². The number of benzene rings is 2. The van der Waals surface area contributed by atoms with Crippen LogP contribution in [0.25, 0.3) is 32.9 Å². The van der Waals surface area contributed by atoms with E-state index in [2.05, 4.69) is 21.1 Å². The lowest BCUT2D eigenvalue weighted by molar-refractivity contribution is 0.380. The van der Waals surface area contributed by atoms with Crippen LogP contribution in [0.5, 0.6) is 6.01 Å². The van der Waals surface area contributed by atoms with Crippen molar-refractivity contribution < 1.29 is 9.13 Å². The van der Waals surface area contributed by atoms with Crippen LogP contribution >= 0.6 is 9.24 Å². The first-order chi connectivity index (χ1) is 16.0. The molecule has 1 fully saturated rings. The molecule has 1 aliphatic rings. The molecule has 1 aliphatic heterocycles. The van der Waals surface area contributed by atoms with Crippen LogP contribution in [0.3, 0.4) is 0 Å². The number of aromatic nitrogens is 3. The molecule has 5 rings (SSSR count). The van der Waals surface area contributed by atoms with Crippen LogP contribution < -0.4 is 14.9 Å². The Hall–Kier alpha value is -2.85. The molecule has 0 aliphatic carbocycles. The SMILES string of the molecule is CCc1c(F)ccc2cccc(-c3ncc4c(N5CCCC(C)C5)nc(OC)nc4c3P)c12. The molecule has 0 saturated carbocycles. The summed E-state index contributed by atoms with van der Waals surface area (Å²) in [6, 6.07) is 9.74. The first kappa shape index (κ1) is 22.0. The molecule has 0 bridgehead atoms. The van der Waals surface area contributed by atoms with E-state index in [-0.39, 0.29) is 5.82 Å². The van der Waals surface area contributed by atoms with Gasteiger partial charge in [0.25, 0.3) is 0 Å². The minimum atomic E-state index is -0.186. The summed E-state index contributed by atoms with van der Waals surface area (Å²) in [6.07, 6.45) is 4.82. The van der Waals surface area contributed by atoms with E-state index in [0.717, 1.165) is 63.6 Å². The monoisotopic (exact) mass is 462 g/mol. The number of rotatable bonds is 4. The van der Waals surface area contributed by atoms with E-state index >= 15 is 0 Å². The summed E-state index contributed by atoms with van der Waals surface area (Å²) in [5.41, 5.74) is 3.17. The van der Waals surface area contributed by atoms with Crippen LogP contribution in [0.1, 0.15) is 32.3 Å². The van der Waals surface area contributed by atoms with Gasteiger partial charge in [-0.25, -0.2) is 4.39 Å². The largest absolute Gasteiger partial charge is 0.467 e. The third-order valence-electron chi connectivity index (χ3n) is 6.58. The van der Waals surface area contributed by atoms with E-state index in [4.69, 9.17) is 19.7 Å². The average molecular weight is 463 g/mol. The number of aryl methyl sites for hydroxylation is 1. The Morgan fingerprint density at radius 2 is 2.06 bits per heavy atom. The van der Waals surface area contributed by atoms with Crippen molar-refractivity contribution in [2.45, 2.75) is 33.1 Å². The second-order valence-electron chi connectivity index (χ2n) is 8.79. The second kappa shape index (κ2) is 8.83. The first-order valence-electron chi connectivity index (χ1n) is 11.5. The maximum absolute atomic E-state index is 14.7. The number of hydrogen-bond donors (Lipinski definition) is 0. The highest BCUT2D eigenvalue weighted by Crippen LogP contribution is 2.35. The van der Waals surface area contributed by atoms with Crippen molar-refractivity contribution in [2.75, 3.05) is 25.1 Å². The van der Waals surface area contributed by atoms with E-state index in [9.17, 15) is 4.39 Å². The fourth-order valence-electron chi connectivity index (χ4n) is 4.97. The molecule has 33 heavy (non-hydrogen) atoms. The molecule has 3 heterocycles. The smallest absolute Gasteiger partial charge is 0.318 e. The number of ether oxygens (including phenoxy) is 1. The number of pyridine rings is 1. The summed E-state index contributed by atoms with van der Waals surface area (Å²) >= 11 is 0. The first-order valence-corrected chi connectivity index (χ1v) is 12.0. The number of halogens is 1. The van der Waals surface area contributed by atoms with Gasteiger partial charge in [0.05, 0.1) is 23.7 Å². The van der Waals surface area contributed by atoms with Crippen LogP contribution in [0.15, 0.2) is 36.5 Å². The zero-order valence-corrected chi connectivity index (χ0v) is 20.4. The molecular weight excluding hydrogens is 434 g/mol. The Balaban J connectivity index is 1.76. The Morgan fingerprint density at radius 1 is 1.21 bits per heavy atom. The highest BCUT2D eigenvalue weighted by atomic mass is 31.0. The normalized spacial score (nSPS) is 16.5. The van der Waals surface area contributed by atoms with E-state index in [0.29, 0.717) is 23.9 Å². The fraction of sp³-hybridized carbons (Fsp3) is 0.346. The molecule has 0 radical (unpaired) electrons. The van der Waals surface area contributed by atoms with Crippen molar-refractivity contribution in [2.24, 2.45) is 5.92 Å². The van der Waals surface area contributed by atoms with Gasteiger partial charge in [-0.3, -0.25) is 4.98 Å². The lowest BCUT2D eigenvalue weighted by atomic mass is 9.95. The Kier molecular flexibility index (Phi) is 5.88. The predicted octanol–water partition coefficient (Wildman–Crippen LogP) is 5.29. The summed E-state index contributed by atoms with van der Waals surface area (Å²) in [5, 5.41) is 3.67. The molecule has 5 nitrogen and oxygen atoms in total. The Labute approximate surface area is 195 Å². The molecule has 2 unspecified atom stereocenters. The fourth-order valence-corrected chi connectivity index (χ4v) is 5.42. The van der Waals surface area contributed by atoms with Gasteiger partial charge in [-0.15, -0.1) is 9.24 Å². The zero-order chi connectivity index (χ0) is 23.1. The number of anilines is 1. The molecular formula is C26H28FN4OP. The third kappa shape index (κ3) is 3.80. The molecule has 2 aromatic heterocycles. The van der Waals surface area contributed by atoms with Gasteiger partial charge in [0, 0.05) is 30.2 Å². The Bertz CT molecular complexity index is 1360. The molecule has 0 amide bonds. The molecule has 2 aromatic carbocycles. The minimum absolute atomic E-state index is 0.186. The lowest BCUT2D eigenvalue weighted by Gasteiger charge is -2.32. The molecule has 1 saturated heterocycles. The summed E-state index contributed by atoms with van der Waals surface area (Å²) in [7, 11) is 4.40. The van der Waals surface area contributed by atoms with E-state index in [1.54, 1.807) is 13.2 Å². The molecule has 7 heteroatoms. The second-order valence-corrected chi connectivity index (χ2v) is 9.37. The molecule has 0 spiro atoms. The van der Waals surface area contributed by atoms with Gasteiger partial charge in [0.15, 0.2) is 0 Å². The molecule has 0 N–H and O–H groups in total. The van der Waals surface area contributed by atoms with Crippen molar-refractivity contribution in [3.63, 3.8) is 0 Å². The quantitative estimate of drug-likeness (QED) is 0.386. The number of fused-ring (bicyclic) bond motifs is 2. The summed E-state index contributed by atoms with van der Waals surface area (Å²) in [6.45, 7) is 6.16. The van der Waals surface area contributed by atoms with Gasteiger partial charge in [0.2, 0.25) is 0 Å². The van der Waals surface area contributed by atoms with Crippen LogP contribution in [0.4, 0.5) is 10.2 Å². The van der Waals surface area contributed by atoms with Gasteiger partial charge >= 0.3 is 6.01 Å². The number of hydrogen-bond acceptors (Lipinski definition) is 5. The molecule has 4 aromatic rings. The summed E-state index contributed by atoms with van der Waals surface area (Å²) < 4.78 is 20.2. The van der Waals surface area contributed by atoms with E-state index in [1.807, 2.05) is 37.4 Å². The average Bonchev–Trinajstić information content (AvgIpc) is 2.83. The molecule has 170 valence electrons. The molecule has 2 atom stereocenters. The van der Waals surface area contributed by atoms with E-state index in [1.165, 1.54) is 6.42 Å². The summed E-state index contributed by atoms with van der Waals surface area (Å²) in [5.74, 6) is 1.29. The van der Waals surface area contributed by atoms with Crippen molar-refractivity contribution >= 4 is 42.0 Å². The van der Waals surface area contributed by atoms with Gasteiger partial charge in [-0.1, -0.05) is 38.1 Å². The number of methoxy groups -OCH3 is 1.